The molecule has 0 aliphatic heterocycles. The van der Waals surface area contributed by atoms with Crippen LogP contribution in [-0.2, 0) is 33.3 Å². The Balaban J connectivity index is 1.89. The van der Waals surface area contributed by atoms with Crippen molar-refractivity contribution in [2.45, 2.75) is 38.3 Å². The number of carbonyl (C=O) groups excluding carboxylic acids is 5. The highest BCUT2D eigenvalue weighted by atomic mass is 16.5. The van der Waals surface area contributed by atoms with Crippen LogP contribution in [0.3, 0.4) is 0 Å². The van der Waals surface area contributed by atoms with E-state index in [1.54, 1.807) is 7.11 Å². The standard InChI is InChI=1S/C25H39N9O9/c1-15(22(36)30-20-13-18(32-34-20)25(39)41-3)27-23(37)16(6-4-5-7-26)28-24(38)17-12-19(33-31-17)29-21(35)14-43-11-10-42-9-8-40-2/h12-13,15-16H,4-11,14,26H2,1-3H3,(H,27,37)(H,28,38)(H2,29,31,33,35)(H2,30,32,34,36)/t15-,16-/m0/s1. The Morgan fingerprint density at radius 1 is 0.860 bits per heavy atom. The van der Waals surface area contributed by atoms with Crippen LogP contribution in [0.25, 0.3) is 0 Å². The first-order chi connectivity index (χ1) is 20.7. The number of rotatable bonds is 20. The molecule has 2 atom stereocenters. The number of amides is 4. The third-order valence-electron chi connectivity index (χ3n) is 5.68. The number of anilines is 2. The van der Waals surface area contributed by atoms with Crippen LogP contribution in [0, 0.1) is 0 Å². The molecule has 0 spiro atoms. The average Bonchev–Trinajstić information content (AvgIpc) is 3.65. The highest BCUT2D eigenvalue weighted by Gasteiger charge is 2.26. The van der Waals surface area contributed by atoms with Crippen molar-refractivity contribution < 1.29 is 42.9 Å². The number of unbranched alkanes of at least 4 members (excludes halogenated alkanes) is 1. The van der Waals surface area contributed by atoms with E-state index in [-0.39, 0.29) is 42.7 Å². The summed E-state index contributed by atoms with van der Waals surface area (Å²) in [4.78, 5) is 62.1. The molecular formula is C25H39N9O9. The lowest BCUT2D eigenvalue weighted by Gasteiger charge is -2.20. The third-order valence-corrected chi connectivity index (χ3v) is 5.68. The number of nitrogens with zero attached hydrogens (tertiary/aromatic N) is 2. The summed E-state index contributed by atoms with van der Waals surface area (Å²) in [5.41, 5.74) is 5.59. The molecule has 238 valence electrons. The summed E-state index contributed by atoms with van der Waals surface area (Å²) in [7, 11) is 2.76. The van der Waals surface area contributed by atoms with Crippen molar-refractivity contribution in [2.75, 3.05) is 64.4 Å². The Labute approximate surface area is 247 Å². The summed E-state index contributed by atoms with van der Waals surface area (Å²) in [5.74, 6) is -2.89. The first kappa shape index (κ1) is 34.8. The number of hydrogen-bond donors (Lipinski definition) is 7. The number of nitrogens with two attached hydrogens (primary N) is 1. The summed E-state index contributed by atoms with van der Waals surface area (Å²) in [6.07, 6.45) is 1.38. The lowest BCUT2D eigenvalue weighted by molar-refractivity contribution is -0.127. The van der Waals surface area contributed by atoms with Crippen LogP contribution in [0.15, 0.2) is 12.1 Å². The molecule has 0 saturated heterocycles. The summed E-state index contributed by atoms with van der Waals surface area (Å²) >= 11 is 0. The number of H-pyrrole nitrogens is 2. The molecule has 0 radical (unpaired) electrons. The van der Waals surface area contributed by atoms with E-state index in [1.165, 1.54) is 26.2 Å². The minimum atomic E-state index is -1.02. The van der Waals surface area contributed by atoms with E-state index in [0.29, 0.717) is 39.2 Å². The number of ether oxygens (including phenoxy) is 4. The molecule has 2 rings (SSSR count). The fourth-order valence-electron chi connectivity index (χ4n) is 3.42. The van der Waals surface area contributed by atoms with Gasteiger partial charge in [0.05, 0.1) is 33.5 Å². The maximum Gasteiger partial charge on any atom is 0.356 e. The van der Waals surface area contributed by atoms with E-state index < -0.39 is 41.7 Å². The van der Waals surface area contributed by atoms with Gasteiger partial charge in [0.2, 0.25) is 11.8 Å². The number of hydrogen-bond acceptors (Lipinski definition) is 12. The molecular weight excluding hydrogens is 570 g/mol. The van der Waals surface area contributed by atoms with Crippen LogP contribution in [0.5, 0.6) is 0 Å². The molecule has 2 aromatic rings. The van der Waals surface area contributed by atoms with Gasteiger partial charge in [0.25, 0.3) is 11.8 Å². The van der Waals surface area contributed by atoms with Crippen molar-refractivity contribution in [2.24, 2.45) is 5.73 Å². The molecule has 0 fully saturated rings. The van der Waals surface area contributed by atoms with Gasteiger partial charge in [-0.3, -0.25) is 29.4 Å². The molecule has 43 heavy (non-hydrogen) atoms. The Morgan fingerprint density at radius 3 is 2.21 bits per heavy atom. The fraction of sp³-hybridized carbons (Fsp3) is 0.560. The fourth-order valence-corrected chi connectivity index (χ4v) is 3.42. The molecule has 2 aromatic heterocycles. The number of methoxy groups -OCH3 is 2. The number of esters is 1. The smallest absolute Gasteiger partial charge is 0.356 e. The Morgan fingerprint density at radius 2 is 1.51 bits per heavy atom. The van der Waals surface area contributed by atoms with Crippen LogP contribution >= 0.6 is 0 Å². The zero-order chi connectivity index (χ0) is 31.6. The molecule has 0 aliphatic rings. The number of nitrogens with one attached hydrogen (secondary N) is 6. The molecule has 0 aromatic carbocycles. The molecule has 18 nitrogen and oxygen atoms in total. The Hall–Kier alpha value is -4.39. The second-order valence-electron chi connectivity index (χ2n) is 9.06. The second kappa shape index (κ2) is 18.9. The largest absolute Gasteiger partial charge is 0.464 e. The van der Waals surface area contributed by atoms with Crippen LogP contribution in [0.2, 0.25) is 0 Å². The maximum absolute atomic E-state index is 13.0. The van der Waals surface area contributed by atoms with E-state index >= 15 is 0 Å². The maximum atomic E-state index is 13.0. The average molecular weight is 610 g/mol. The highest BCUT2D eigenvalue weighted by Crippen LogP contribution is 2.09. The normalized spacial score (nSPS) is 12.2. The van der Waals surface area contributed by atoms with Crippen LogP contribution < -0.4 is 27.0 Å². The van der Waals surface area contributed by atoms with Crippen LogP contribution in [0.4, 0.5) is 11.6 Å². The molecule has 0 saturated carbocycles. The molecule has 0 unspecified atom stereocenters. The van der Waals surface area contributed by atoms with Crippen molar-refractivity contribution in [3.05, 3.63) is 23.5 Å². The van der Waals surface area contributed by atoms with Crippen molar-refractivity contribution >= 4 is 41.2 Å². The van der Waals surface area contributed by atoms with E-state index in [9.17, 15) is 24.0 Å². The Bertz CT molecular complexity index is 1200. The van der Waals surface area contributed by atoms with Gasteiger partial charge in [0.15, 0.2) is 11.6 Å². The van der Waals surface area contributed by atoms with Gasteiger partial charge in [-0.2, -0.15) is 10.2 Å². The van der Waals surface area contributed by atoms with Gasteiger partial charge in [0, 0.05) is 19.2 Å². The number of aromatic amines is 2. The van der Waals surface area contributed by atoms with Crippen molar-refractivity contribution in [1.82, 2.24) is 31.0 Å². The van der Waals surface area contributed by atoms with Gasteiger partial charge in [-0.1, -0.05) is 0 Å². The lowest BCUT2D eigenvalue weighted by Crippen LogP contribution is -2.51. The zero-order valence-corrected chi connectivity index (χ0v) is 24.3. The molecule has 4 amide bonds. The predicted molar refractivity (Wildman–Crippen MR) is 151 cm³/mol. The van der Waals surface area contributed by atoms with Gasteiger partial charge in [-0.05, 0) is 32.7 Å². The van der Waals surface area contributed by atoms with Gasteiger partial charge in [-0.25, -0.2) is 4.79 Å². The van der Waals surface area contributed by atoms with E-state index in [1.807, 2.05) is 0 Å². The summed E-state index contributed by atoms with van der Waals surface area (Å²) in [6, 6.07) is 0.556. The van der Waals surface area contributed by atoms with Crippen LogP contribution in [0.1, 0.15) is 47.2 Å². The molecule has 0 bridgehead atoms. The van der Waals surface area contributed by atoms with Gasteiger partial charge in [-0.15, -0.1) is 0 Å². The molecule has 18 heteroatoms. The minimum Gasteiger partial charge on any atom is -0.464 e. The highest BCUT2D eigenvalue weighted by molar-refractivity contribution is 6.00. The number of carbonyl (C=O) groups is 5. The first-order valence-corrected chi connectivity index (χ1v) is 13.4. The topological polar surface area (TPSA) is 254 Å². The Kier molecular flexibility index (Phi) is 15.3. The summed E-state index contributed by atoms with van der Waals surface area (Å²) < 4.78 is 19.9. The molecule has 8 N–H and O–H groups in total. The monoisotopic (exact) mass is 609 g/mol. The van der Waals surface area contributed by atoms with Crippen molar-refractivity contribution in [3.8, 4) is 0 Å². The van der Waals surface area contributed by atoms with Crippen molar-refractivity contribution in [1.29, 1.82) is 0 Å². The zero-order valence-electron chi connectivity index (χ0n) is 24.3. The van der Waals surface area contributed by atoms with E-state index in [2.05, 4.69) is 46.4 Å². The van der Waals surface area contributed by atoms with Gasteiger partial charge in [0.1, 0.15) is 30.1 Å². The SMILES string of the molecule is COCCOCCOCC(=O)Nc1cc(C(=O)N[C@@H](CCCCN)C(=O)N[C@@H](C)C(=O)Nc2cc(C(=O)OC)[nH]n2)[nH]n1. The first-order valence-electron chi connectivity index (χ1n) is 13.4. The van der Waals surface area contributed by atoms with E-state index in [0.717, 1.165) is 0 Å². The quantitative estimate of drug-likeness (QED) is 0.0698. The van der Waals surface area contributed by atoms with Gasteiger partial charge < -0.3 is 45.9 Å². The second-order valence-corrected chi connectivity index (χ2v) is 9.06. The van der Waals surface area contributed by atoms with Crippen molar-refractivity contribution in [3.63, 3.8) is 0 Å². The minimum absolute atomic E-state index is 0.00915. The number of aromatic nitrogens is 4. The van der Waals surface area contributed by atoms with E-state index in [4.69, 9.17) is 19.9 Å². The lowest BCUT2D eigenvalue weighted by atomic mass is 10.1. The predicted octanol–water partition coefficient (Wildman–Crippen LogP) is -1.09. The summed E-state index contributed by atoms with van der Waals surface area (Å²) in [6.45, 7) is 2.98. The molecule has 0 aliphatic carbocycles. The van der Waals surface area contributed by atoms with Crippen LogP contribution in [-0.4, -0.2) is 116 Å². The third kappa shape index (κ3) is 12.6. The molecule has 2 heterocycles. The summed E-state index contributed by atoms with van der Waals surface area (Å²) in [5, 5.41) is 22.8. The van der Waals surface area contributed by atoms with Gasteiger partial charge >= 0.3 is 5.97 Å².